The van der Waals surface area contributed by atoms with Crippen LogP contribution in [0.2, 0.25) is 0 Å². The fraction of sp³-hybridized carbons (Fsp3) is 0.150. The van der Waals surface area contributed by atoms with Gasteiger partial charge in [0.05, 0.1) is 7.11 Å². The van der Waals surface area contributed by atoms with E-state index >= 15 is 0 Å². The van der Waals surface area contributed by atoms with Gasteiger partial charge in [0.1, 0.15) is 9.77 Å². The summed E-state index contributed by atoms with van der Waals surface area (Å²) in [7, 11) is -2.63. The van der Waals surface area contributed by atoms with Gasteiger partial charge in [-0.15, -0.1) is 11.3 Å². The number of sulfonamides is 1. The normalized spacial score (nSPS) is 12.5. The average molecular weight is 402 g/mol. The van der Waals surface area contributed by atoms with Crippen LogP contribution in [-0.4, -0.2) is 21.5 Å². The summed E-state index contributed by atoms with van der Waals surface area (Å²) in [4.78, 5) is 11.8. The minimum atomic E-state index is -3.85. The highest BCUT2D eigenvalue weighted by atomic mass is 32.2. The number of methoxy groups -OCH3 is 1. The molecule has 0 unspecified atom stereocenters. The highest BCUT2D eigenvalue weighted by Gasteiger charge is 2.26. The lowest BCUT2D eigenvalue weighted by Gasteiger charge is -2.15. The van der Waals surface area contributed by atoms with Crippen molar-refractivity contribution in [1.82, 2.24) is 4.72 Å². The fourth-order valence-electron chi connectivity index (χ4n) is 2.71. The van der Waals surface area contributed by atoms with Gasteiger partial charge in [-0.3, -0.25) is 0 Å². The van der Waals surface area contributed by atoms with Crippen LogP contribution in [0.5, 0.6) is 0 Å². The van der Waals surface area contributed by atoms with Gasteiger partial charge in [-0.1, -0.05) is 54.6 Å². The van der Waals surface area contributed by atoms with E-state index in [0.717, 1.165) is 28.0 Å². The zero-order chi connectivity index (χ0) is 19.4. The number of rotatable bonds is 6. The van der Waals surface area contributed by atoms with Crippen molar-refractivity contribution in [2.24, 2.45) is 0 Å². The van der Waals surface area contributed by atoms with Crippen molar-refractivity contribution in [3.05, 3.63) is 76.5 Å². The predicted octanol–water partition coefficient (Wildman–Crippen LogP) is 4.24. The highest BCUT2D eigenvalue weighted by Crippen LogP contribution is 2.26. The van der Waals surface area contributed by atoms with Crippen LogP contribution in [0.15, 0.2) is 70.9 Å². The minimum absolute atomic E-state index is 0.0629. The molecule has 0 bridgehead atoms. The number of nitrogens with one attached hydrogen (secondary N) is 1. The van der Waals surface area contributed by atoms with Crippen LogP contribution < -0.4 is 4.72 Å². The SMILES string of the molecule is COC(=O)c1sccc1S(=O)(=O)N[C@H](C)c1ccc(-c2ccccc2)cc1. The Morgan fingerprint density at radius 2 is 1.63 bits per heavy atom. The second-order valence-electron chi connectivity index (χ2n) is 5.94. The van der Waals surface area contributed by atoms with Gasteiger partial charge in [0.25, 0.3) is 0 Å². The van der Waals surface area contributed by atoms with Crippen LogP contribution in [0.25, 0.3) is 11.1 Å². The molecule has 0 saturated carbocycles. The first kappa shape index (κ1) is 19.3. The molecule has 2 aromatic carbocycles. The summed E-state index contributed by atoms with van der Waals surface area (Å²) in [6.45, 7) is 1.76. The standard InChI is InChI=1S/C20H19NO4S2/c1-14(15-8-10-17(11-9-15)16-6-4-3-5-7-16)21-27(23,24)18-12-13-26-19(18)20(22)25-2/h3-14,21H,1-2H3/t14-/m1/s1. The van der Waals surface area contributed by atoms with Crippen molar-refractivity contribution in [2.45, 2.75) is 17.9 Å². The Balaban J connectivity index is 1.80. The van der Waals surface area contributed by atoms with Crippen molar-refractivity contribution in [2.75, 3.05) is 7.11 Å². The molecule has 0 amide bonds. The van der Waals surface area contributed by atoms with E-state index in [0.29, 0.717) is 0 Å². The summed E-state index contributed by atoms with van der Waals surface area (Å²) < 4.78 is 32.7. The molecule has 0 saturated heterocycles. The number of hydrogen-bond acceptors (Lipinski definition) is 5. The zero-order valence-corrected chi connectivity index (χ0v) is 16.5. The van der Waals surface area contributed by atoms with Crippen molar-refractivity contribution in [3.8, 4) is 11.1 Å². The van der Waals surface area contributed by atoms with Gasteiger partial charge in [-0.25, -0.2) is 17.9 Å². The number of ether oxygens (including phenoxy) is 1. The Kier molecular flexibility index (Phi) is 5.74. The Labute approximate surface area is 162 Å². The van der Waals surface area contributed by atoms with Crippen LogP contribution in [0, 0.1) is 0 Å². The number of benzene rings is 2. The first-order chi connectivity index (χ1) is 12.9. The molecule has 3 rings (SSSR count). The van der Waals surface area contributed by atoms with Crippen LogP contribution in [-0.2, 0) is 14.8 Å². The Hall–Kier alpha value is -2.48. The molecule has 1 heterocycles. The van der Waals surface area contributed by atoms with Gasteiger partial charge < -0.3 is 4.74 Å². The largest absolute Gasteiger partial charge is 0.465 e. The number of carbonyl (C=O) groups excluding carboxylic acids is 1. The van der Waals surface area contributed by atoms with E-state index in [1.165, 1.54) is 13.2 Å². The van der Waals surface area contributed by atoms with Crippen molar-refractivity contribution in [3.63, 3.8) is 0 Å². The Morgan fingerprint density at radius 3 is 2.26 bits per heavy atom. The lowest BCUT2D eigenvalue weighted by molar-refractivity contribution is 0.0602. The van der Waals surface area contributed by atoms with Crippen LogP contribution in [0.4, 0.5) is 0 Å². The van der Waals surface area contributed by atoms with Gasteiger partial charge in [0.15, 0.2) is 0 Å². The molecule has 27 heavy (non-hydrogen) atoms. The smallest absolute Gasteiger partial charge is 0.349 e. The Morgan fingerprint density at radius 1 is 1.00 bits per heavy atom. The van der Waals surface area contributed by atoms with Gasteiger partial charge in [0, 0.05) is 6.04 Å². The first-order valence-electron chi connectivity index (χ1n) is 8.26. The molecule has 0 aliphatic carbocycles. The number of esters is 1. The summed E-state index contributed by atoms with van der Waals surface area (Å²) in [6.07, 6.45) is 0. The maximum Gasteiger partial charge on any atom is 0.349 e. The molecule has 0 radical (unpaired) electrons. The van der Waals surface area contributed by atoms with Crippen molar-refractivity contribution < 1.29 is 17.9 Å². The fourth-order valence-corrected chi connectivity index (χ4v) is 5.28. The van der Waals surface area contributed by atoms with Crippen LogP contribution >= 0.6 is 11.3 Å². The van der Waals surface area contributed by atoms with E-state index in [9.17, 15) is 13.2 Å². The van der Waals surface area contributed by atoms with Gasteiger partial charge in [0.2, 0.25) is 10.0 Å². The van der Waals surface area contributed by atoms with E-state index in [1.807, 2.05) is 54.6 Å². The average Bonchev–Trinajstić information content (AvgIpc) is 3.19. The molecule has 1 atom stereocenters. The number of carbonyl (C=O) groups is 1. The summed E-state index contributed by atoms with van der Waals surface area (Å²) in [5.41, 5.74) is 2.98. The maximum absolute atomic E-state index is 12.7. The minimum Gasteiger partial charge on any atom is -0.465 e. The third-order valence-electron chi connectivity index (χ3n) is 4.14. The Bertz CT molecular complexity index is 1030. The molecule has 5 nitrogen and oxygen atoms in total. The van der Waals surface area contributed by atoms with Gasteiger partial charge >= 0.3 is 5.97 Å². The molecule has 140 valence electrons. The molecule has 7 heteroatoms. The molecular weight excluding hydrogens is 382 g/mol. The molecular formula is C20H19NO4S2. The van der Waals surface area contributed by atoms with E-state index in [1.54, 1.807) is 12.3 Å². The van der Waals surface area contributed by atoms with Gasteiger partial charge in [-0.05, 0) is 35.1 Å². The molecule has 0 aliphatic rings. The summed E-state index contributed by atoms with van der Waals surface area (Å²) in [6, 6.07) is 18.6. The topological polar surface area (TPSA) is 72.5 Å². The third-order valence-corrected chi connectivity index (χ3v) is 6.75. The molecule has 0 spiro atoms. The molecule has 3 aromatic rings. The van der Waals surface area contributed by atoms with E-state index in [4.69, 9.17) is 0 Å². The second-order valence-corrected chi connectivity index (χ2v) is 8.54. The highest BCUT2D eigenvalue weighted by molar-refractivity contribution is 7.89. The summed E-state index contributed by atoms with van der Waals surface area (Å²) >= 11 is 1.04. The zero-order valence-electron chi connectivity index (χ0n) is 14.9. The maximum atomic E-state index is 12.7. The number of thiophene rings is 1. The second kappa shape index (κ2) is 8.04. The molecule has 1 N–H and O–H groups in total. The van der Waals surface area contributed by atoms with Crippen molar-refractivity contribution in [1.29, 1.82) is 0 Å². The molecule has 0 fully saturated rings. The van der Waals surface area contributed by atoms with Crippen LogP contribution in [0.3, 0.4) is 0 Å². The third kappa shape index (κ3) is 4.27. The quantitative estimate of drug-likeness (QED) is 0.627. The molecule has 1 aromatic heterocycles. The van der Waals surface area contributed by atoms with E-state index < -0.39 is 22.0 Å². The first-order valence-corrected chi connectivity index (χ1v) is 10.6. The summed E-state index contributed by atoms with van der Waals surface area (Å²) in [5.74, 6) is -0.662. The molecule has 0 aliphatic heterocycles. The van der Waals surface area contributed by atoms with E-state index in [-0.39, 0.29) is 9.77 Å². The van der Waals surface area contributed by atoms with Crippen molar-refractivity contribution >= 4 is 27.3 Å². The lowest BCUT2D eigenvalue weighted by atomic mass is 10.0. The lowest BCUT2D eigenvalue weighted by Crippen LogP contribution is -2.27. The number of hydrogen-bond donors (Lipinski definition) is 1. The monoisotopic (exact) mass is 401 g/mol. The van der Waals surface area contributed by atoms with Crippen LogP contribution in [0.1, 0.15) is 28.2 Å². The summed E-state index contributed by atoms with van der Waals surface area (Å²) in [5, 5.41) is 1.56. The van der Waals surface area contributed by atoms with E-state index in [2.05, 4.69) is 9.46 Å². The van der Waals surface area contributed by atoms with Gasteiger partial charge in [-0.2, -0.15) is 0 Å². The predicted molar refractivity (Wildman–Crippen MR) is 106 cm³/mol.